The predicted molar refractivity (Wildman–Crippen MR) is 89.4 cm³/mol. The Morgan fingerprint density at radius 3 is 2.33 bits per heavy atom. The number of piperazine rings is 1. The van der Waals surface area contributed by atoms with Gasteiger partial charge in [-0.05, 0) is 39.5 Å². The first-order valence-corrected chi connectivity index (χ1v) is 8.97. The summed E-state index contributed by atoms with van der Waals surface area (Å²) in [7, 11) is 0. The molecule has 24 heavy (non-hydrogen) atoms. The van der Waals surface area contributed by atoms with Crippen LogP contribution in [0.4, 0.5) is 0 Å². The van der Waals surface area contributed by atoms with Crippen molar-refractivity contribution in [3.63, 3.8) is 0 Å². The molecule has 7 nitrogen and oxygen atoms in total. The van der Waals surface area contributed by atoms with E-state index in [4.69, 9.17) is 0 Å². The highest BCUT2D eigenvalue weighted by Gasteiger charge is 2.37. The molecule has 3 rings (SSSR count). The van der Waals surface area contributed by atoms with Crippen LogP contribution in [0.3, 0.4) is 0 Å². The van der Waals surface area contributed by atoms with Crippen LogP contribution in [-0.4, -0.2) is 62.2 Å². The summed E-state index contributed by atoms with van der Waals surface area (Å²) in [6.45, 7) is 6.96. The van der Waals surface area contributed by atoms with Crippen LogP contribution in [0.15, 0.2) is 0 Å². The Bertz CT molecular complexity index is 608. The molecule has 1 saturated heterocycles. The molecule has 2 heterocycles. The Kier molecular flexibility index (Phi) is 4.87. The molecule has 7 heteroatoms. The van der Waals surface area contributed by atoms with Crippen LogP contribution in [0, 0.1) is 12.8 Å². The molecular formula is C17H27N5O2. The molecule has 1 aliphatic heterocycles. The highest BCUT2D eigenvalue weighted by atomic mass is 16.2. The minimum Gasteiger partial charge on any atom is -0.336 e. The van der Waals surface area contributed by atoms with Crippen LogP contribution >= 0.6 is 0 Å². The molecule has 0 radical (unpaired) electrons. The maximum atomic E-state index is 12.7. The maximum absolute atomic E-state index is 12.7. The van der Waals surface area contributed by atoms with E-state index >= 15 is 0 Å². The fourth-order valence-electron chi connectivity index (χ4n) is 3.98. The van der Waals surface area contributed by atoms with Gasteiger partial charge < -0.3 is 9.80 Å². The fraction of sp³-hybridized carbons (Fsp3) is 0.765. The molecule has 0 aromatic carbocycles. The van der Waals surface area contributed by atoms with Gasteiger partial charge in [0.2, 0.25) is 5.91 Å². The summed E-state index contributed by atoms with van der Waals surface area (Å²) in [4.78, 5) is 29.1. The largest absolute Gasteiger partial charge is 0.336 e. The monoisotopic (exact) mass is 333 g/mol. The van der Waals surface area contributed by atoms with Crippen LogP contribution in [0.25, 0.3) is 0 Å². The number of carbonyl (C=O) groups is 2. The van der Waals surface area contributed by atoms with E-state index in [9.17, 15) is 9.59 Å². The maximum Gasteiger partial charge on any atom is 0.276 e. The summed E-state index contributed by atoms with van der Waals surface area (Å²) in [5.41, 5.74) is 0.986. The van der Waals surface area contributed by atoms with Crippen LogP contribution in [0.2, 0.25) is 0 Å². The van der Waals surface area contributed by atoms with Gasteiger partial charge in [0.25, 0.3) is 5.91 Å². The summed E-state index contributed by atoms with van der Waals surface area (Å²) >= 11 is 0. The van der Waals surface area contributed by atoms with Crippen molar-refractivity contribution in [1.29, 1.82) is 0 Å². The second-order valence-electron chi connectivity index (χ2n) is 7.18. The summed E-state index contributed by atoms with van der Waals surface area (Å²) < 4.78 is 0. The van der Waals surface area contributed by atoms with Crippen molar-refractivity contribution < 1.29 is 9.59 Å². The van der Waals surface area contributed by atoms with Gasteiger partial charge in [-0.2, -0.15) is 15.4 Å². The summed E-state index contributed by atoms with van der Waals surface area (Å²) in [6.07, 6.45) is 5.53. The zero-order valence-corrected chi connectivity index (χ0v) is 14.8. The number of carbonyl (C=O) groups excluding carboxylic acids is 2. The molecule has 1 aromatic heterocycles. The van der Waals surface area contributed by atoms with Gasteiger partial charge in [-0.3, -0.25) is 9.59 Å². The molecule has 0 unspecified atom stereocenters. The van der Waals surface area contributed by atoms with Crippen molar-refractivity contribution in [2.24, 2.45) is 5.92 Å². The molecule has 2 amide bonds. The molecule has 1 aromatic rings. The van der Waals surface area contributed by atoms with Crippen molar-refractivity contribution in [3.8, 4) is 0 Å². The lowest BCUT2D eigenvalue weighted by Crippen LogP contribution is -2.60. The Hall–Kier alpha value is -1.92. The van der Waals surface area contributed by atoms with E-state index in [2.05, 4.69) is 15.4 Å². The van der Waals surface area contributed by atoms with Gasteiger partial charge in [-0.25, -0.2) is 0 Å². The average molecular weight is 333 g/mol. The van der Waals surface area contributed by atoms with Gasteiger partial charge in [0.1, 0.15) is 0 Å². The first-order valence-electron chi connectivity index (χ1n) is 8.97. The van der Waals surface area contributed by atoms with E-state index in [0.717, 1.165) is 0 Å². The van der Waals surface area contributed by atoms with E-state index in [1.54, 1.807) is 6.92 Å². The van der Waals surface area contributed by atoms with E-state index in [-0.39, 0.29) is 23.9 Å². The van der Waals surface area contributed by atoms with Crippen LogP contribution in [0.5, 0.6) is 0 Å². The standard InChI is InChI=1S/C17H27N5O2/c1-11-16(19-20-18-11)17(24)22-9-8-21(12(2)13(22)3)15(23)10-14-6-4-5-7-14/h12-14H,4-10H2,1-3H3,(H,18,19,20)/t12-,13-/m1/s1. The second-order valence-corrected chi connectivity index (χ2v) is 7.18. The molecule has 2 aliphatic rings. The number of aromatic amines is 1. The average Bonchev–Trinajstić information content (AvgIpc) is 3.20. The Labute approximate surface area is 142 Å². The third kappa shape index (κ3) is 3.16. The molecule has 0 spiro atoms. The number of hydrogen-bond donors (Lipinski definition) is 1. The third-order valence-corrected chi connectivity index (χ3v) is 5.71. The SMILES string of the molecule is Cc1n[nH]nc1C(=O)N1CCN(C(=O)CC2CCCC2)[C@H](C)[C@H]1C. The number of aromatic nitrogens is 3. The molecule has 2 fully saturated rings. The number of rotatable bonds is 3. The topological polar surface area (TPSA) is 82.2 Å². The quantitative estimate of drug-likeness (QED) is 0.913. The molecular weight excluding hydrogens is 306 g/mol. The number of nitrogens with zero attached hydrogens (tertiary/aromatic N) is 4. The number of nitrogens with one attached hydrogen (secondary N) is 1. The zero-order valence-electron chi connectivity index (χ0n) is 14.8. The van der Waals surface area contributed by atoms with Crippen LogP contribution in [0.1, 0.15) is 62.1 Å². The number of aryl methyl sites for hydroxylation is 1. The van der Waals surface area contributed by atoms with E-state index in [1.165, 1.54) is 25.7 Å². The predicted octanol–water partition coefficient (Wildman–Crippen LogP) is 1.75. The highest BCUT2D eigenvalue weighted by molar-refractivity contribution is 5.93. The normalized spacial score (nSPS) is 25.3. The van der Waals surface area contributed by atoms with E-state index in [0.29, 0.717) is 36.8 Å². The van der Waals surface area contributed by atoms with Crippen molar-refractivity contribution in [2.45, 2.75) is 65.0 Å². The summed E-state index contributed by atoms with van der Waals surface area (Å²) in [5.74, 6) is 0.687. The Morgan fingerprint density at radius 1 is 1.08 bits per heavy atom. The Morgan fingerprint density at radius 2 is 1.71 bits per heavy atom. The number of H-pyrrole nitrogens is 1. The van der Waals surface area contributed by atoms with Gasteiger partial charge in [0, 0.05) is 31.6 Å². The van der Waals surface area contributed by atoms with Crippen molar-refractivity contribution in [2.75, 3.05) is 13.1 Å². The molecule has 1 aliphatic carbocycles. The van der Waals surface area contributed by atoms with Gasteiger partial charge in [0.15, 0.2) is 5.69 Å². The zero-order chi connectivity index (χ0) is 17.3. The Balaban J connectivity index is 1.64. The molecule has 0 bridgehead atoms. The smallest absolute Gasteiger partial charge is 0.276 e. The first kappa shape index (κ1) is 16.9. The number of amides is 2. The van der Waals surface area contributed by atoms with Gasteiger partial charge in [-0.1, -0.05) is 12.8 Å². The van der Waals surface area contributed by atoms with Gasteiger partial charge in [-0.15, -0.1) is 0 Å². The number of hydrogen-bond acceptors (Lipinski definition) is 4. The van der Waals surface area contributed by atoms with Crippen molar-refractivity contribution >= 4 is 11.8 Å². The third-order valence-electron chi connectivity index (χ3n) is 5.71. The van der Waals surface area contributed by atoms with Crippen molar-refractivity contribution in [1.82, 2.24) is 25.2 Å². The van der Waals surface area contributed by atoms with Crippen LogP contribution in [-0.2, 0) is 4.79 Å². The summed E-state index contributed by atoms with van der Waals surface area (Å²) in [6, 6.07) is -0.0151. The minimum atomic E-state index is -0.108. The van der Waals surface area contributed by atoms with Gasteiger partial charge >= 0.3 is 0 Å². The summed E-state index contributed by atoms with van der Waals surface area (Å²) in [5, 5.41) is 10.4. The van der Waals surface area contributed by atoms with Crippen molar-refractivity contribution in [3.05, 3.63) is 11.4 Å². The van der Waals surface area contributed by atoms with Gasteiger partial charge in [0.05, 0.1) is 5.69 Å². The lowest BCUT2D eigenvalue weighted by molar-refractivity contribution is -0.137. The van der Waals surface area contributed by atoms with E-state index < -0.39 is 0 Å². The minimum absolute atomic E-state index is 0.0174. The van der Waals surface area contributed by atoms with E-state index in [1.807, 2.05) is 23.6 Å². The lowest BCUT2D eigenvalue weighted by Gasteiger charge is -2.45. The first-order chi connectivity index (χ1) is 11.5. The molecule has 1 N–H and O–H groups in total. The lowest BCUT2D eigenvalue weighted by atomic mass is 9.99. The van der Waals surface area contributed by atoms with Crippen LogP contribution < -0.4 is 0 Å². The molecule has 1 saturated carbocycles. The second kappa shape index (κ2) is 6.91. The fourth-order valence-corrected chi connectivity index (χ4v) is 3.98. The molecule has 2 atom stereocenters. The highest BCUT2D eigenvalue weighted by Crippen LogP contribution is 2.29. The molecule has 132 valence electrons.